The third kappa shape index (κ3) is 7.16. The fraction of sp³-hybridized carbons (Fsp3) is 0.257. The summed E-state index contributed by atoms with van der Waals surface area (Å²) < 4.78 is 16.7. The molecule has 8 nitrogen and oxygen atoms in total. The van der Waals surface area contributed by atoms with Crippen LogP contribution in [0, 0.1) is 0 Å². The van der Waals surface area contributed by atoms with Crippen LogP contribution >= 0.6 is 0 Å². The Hall–Kier alpha value is -4.82. The summed E-state index contributed by atoms with van der Waals surface area (Å²) in [7, 11) is 0. The number of rotatable bonds is 12. The maximum atomic E-state index is 14.3. The minimum atomic E-state index is -2.16. The van der Waals surface area contributed by atoms with Crippen molar-refractivity contribution in [1.29, 1.82) is 0 Å². The number of ether oxygens (including phenoxy) is 3. The molecule has 0 aromatic heterocycles. The van der Waals surface area contributed by atoms with Gasteiger partial charge < -0.3 is 19.3 Å². The number of carbonyl (C=O) groups is 2. The number of amides is 2. The van der Waals surface area contributed by atoms with Gasteiger partial charge in [0.15, 0.2) is 5.60 Å². The van der Waals surface area contributed by atoms with E-state index in [1.165, 1.54) is 5.01 Å². The van der Waals surface area contributed by atoms with E-state index in [2.05, 4.69) is 5.43 Å². The number of carbonyl (C=O) groups excluding carboxylic acids is 2. The van der Waals surface area contributed by atoms with Crippen LogP contribution in [-0.2, 0) is 10.4 Å². The van der Waals surface area contributed by atoms with Gasteiger partial charge in [-0.25, -0.2) is 5.01 Å². The highest BCUT2D eigenvalue weighted by Crippen LogP contribution is 2.33. The molecule has 2 amide bonds. The van der Waals surface area contributed by atoms with E-state index in [1.54, 1.807) is 72.8 Å². The molecule has 0 bridgehead atoms. The standard InChI is InChI=1S/C35H38N2O6/c1-5-41-30-19-13-26(14-20-30)25(4)37(33(38)27-11-9-8-10-12-27)36-34(39)35(40,28-15-21-31(22-16-28)42-6-2)29-17-23-32(24-18-29)43-7-3/h8-25,40H,5-7H2,1-4H3,(H,36,39)/t25-/m0/s1. The Kier molecular flexibility index (Phi) is 10.4. The summed E-state index contributed by atoms with van der Waals surface area (Å²) in [6.45, 7) is 8.94. The quantitative estimate of drug-likeness (QED) is 0.197. The summed E-state index contributed by atoms with van der Waals surface area (Å²) in [4.78, 5) is 28.1. The lowest BCUT2D eigenvalue weighted by molar-refractivity contribution is -0.141. The van der Waals surface area contributed by atoms with Gasteiger partial charge in [-0.15, -0.1) is 0 Å². The Balaban J connectivity index is 1.76. The monoisotopic (exact) mass is 582 g/mol. The Morgan fingerprint density at radius 3 is 1.53 bits per heavy atom. The molecule has 43 heavy (non-hydrogen) atoms. The van der Waals surface area contributed by atoms with Crippen molar-refractivity contribution in [3.05, 3.63) is 125 Å². The lowest BCUT2D eigenvalue weighted by Gasteiger charge is -2.35. The minimum absolute atomic E-state index is 0.304. The zero-order valence-electron chi connectivity index (χ0n) is 24.9. The number of nitrogens with zero attached hydrogens (tertiary/aromatic N) is 1. The van der Waals surface area contributed by atoms with Crippen molar-refractivity contribution in [1.82, 2.24) is 10.4 Å². The van der Waals surface area contributed by atoms with Crippen LogP contribution in [0.2, 0.25) is 0 Å². The molecule has 0 unspecified atom stereocenters. The number of aliphatic hydroxyl groups is 1. The van der Waals surface area contributed by atoms with E-state index in [0.29, 0.717) is 53.8 Å². The molecule has 0 radical (unpaired) electrons. The van der Waals surface area contributed by atoms with Crippen molar-refractivity contribution in [3.63, 3.8) is 0 Å². The topological polar surface area (TPSA) is 97.3 Å². The van der Waals surface area contributed by atoms with Gasteiger partial charge >= 0.3 is 0 Å². The van der Waals surface area contributed by atoms with Crippen molar-refractivity contribution in [2.45, 2.75) is 39.3 Å². The second-order valence-electron chi connectivity index (χ2n) is 9.79. The fourth-order valence-electron chi connectivity index (χ4n) is 4.74. The highest BCUT2D eigenvalue weighted by Gasteiger charge is 2.42. The molecular weight excluding hydrogens is 544 g/mol. The number of benzene rings is 4. The van der Waals surface area contributed by atoms with Crippen LogP contribution in [0.25, 0.3) is 0 Å². The predicted octanol–water partition coefficient (Wildman–Crippen LogP) is 6.05. The molecule has 0 saturated carbocycles. The molecule has 0 heterocycles. The first kappa shape index (κ1) is 31.1. The summed E-state index contributed by atoms with van der Waals surface area (Å²) in [6, 6.07) is 28.7. The minimum Gasteiger partial charge on any atom is -0.494 e. The van der Waals surface area contributed by atoms with Crippen LogP contribution in [0.15, 0.2) is 103 Å². The van der Waals surface area contributed by atoms with Gasteiger partial charge in [0.1, 0.15) is 17.2 Å². The first-order chi connectivity index (χ1) is 20.8. The Morgan fingerprint density at radius 1 is 0.698 bits per heavy atom. The van der Waals surface area contributed by atoms with E-state index < -0.39 is 23.5 Å². The molecule has 1 atom stereocenters. The fourth-order valence-corrected chi connectivity index (χ4v) is 4.74. The van der Waals surface area contributed by atoms with E-state index >= 15 is 0 Å². The summed E-state index contributed by atoms with van der Waals surface area (Å²) in [5, 5.41) is 13.5. The number of hydrazine groups is 1. The van der Waals surface area contributed by atoms with Crippen LogP contribution in [0.5, 0.6) is 17.2 Å². The number of nitrogens with one attached hydrogen (secondary N) is 1. The van der Waals surface area contributed by atoms with Gasteiger partial charge in [-0.2, -0.15) is 0 Å². The van der Waals surface area contributed by atoms with Gasteiger partial charge in [0.2, 0.25) is 0 Å². The zero-order valence-corrected chi connectivity index (χ0v) is 24.9. The maximum absolute atomic E-state index is 14.3. The van der Waals surface area contributed by atoms with Crippen LogP contribution < -0.4 is 19.6 Å². The molecule has 224 valence electrons. The maximum Gasteiger partial charge on any atom is 0.279 e. The van der Waals surface area contributed by atoms with E-state index in [-0.39, 0.29) is 0 Å². The average molecular weight is 583 g/mol. The van der Waals surface area contributed by atoms with E-state index in [1.807, 2.05) is 58.0 Å². The third-order valence-corrected chi connectivity index (χ3v) is 7.02. The molecule has 4 rings (SSSR count). The molecule has 0 spiro atoms. The first-order valence-electron chi connectivity index (χ1n) is 14.4. The smallest absolute Gasteiger partial charge is 0.279 e. The largest absolute Gasteiger partial charge is 0.494 e. The Labute approximate surface area is 252 Å². The molecule has 0 saturated heterocycles. The highest BCUT2D eigenvalue weighted by atomic mass is 16.5. The van der Waals surface area contributed by atoms with Gasteiger partial charge in [-0.1, -0.05) is 54.6 Å². The van der Waals surface area contributed by atoms with Crippen molar-refractivity contribution >= 4 is 11.8 Å². The van der Waals surface area contributed by atoms with Gasteiger partial charge in [-0.05, 0) is 92.9 Å². The van der Waals surface area contributed by atoms with E-state index in [9.17, 15) is 14.7 Å². The number of hydrogen-bond donors (Lipinski definition) is 2. The second-order valence-corrected chi connectivity index (χ2v) is 9.79. The molecule has 2 N–H and O–H groups in total. The van der Waals surface area contributed by atoms with Crippen LogP contribution in [0.4, 0.5) is 0 Å². The summed E-state index contributed by atoms with van der Waals surface area (Å²) in [5.41, 5.74) is 2.36. The predicted molar refractivity (Wildman–Crippen MR) is 165 cm³/mol. The molecule has 0 aliphatic heterocycles. The molecule has 0 fully saturated rings. The van der Waals surface area contributed by atoms with Crippen molar-refractivity contribution in [3.8, 4) is 17.2 Å². The van der Waals surface area contributed by atoms with E-state index in [4.69, 9.17) is 14.2 Å². The number of hydrogen-bond acceptors (Lipinski definition) is 6. The second kappa shape index (κ2) is 14.4. The Bertz CT molecular complexity index is 1420. The molecule has 0 aliphatic rings. The van der Waals surface area contributed by atoms with Crippen LogP contribution in [0.1, 0.15) is 60.8 Å². The lowest BCUT2D eigenvalue weighted by atomic mass is 9.85. The molecule has 8 heteroatoms. The molecule has 0 aliphatic carbocycles. The molecular formula is C35H38N2O6. The van der Waals surface area contributed by atoms with Crippen LogP contribution in [-0.4, -0.2) is 41.8 Å². The van der Waals surface area contributed by atoms with Crippen molar-refractivity contribution in [2.24, 2.45) is 0 Å². The van der Waals surface area contributed by atoms with E-state index in [0.717, 1.165) is 5.56 Å². The van der Waals surface area contributed by atoms with Gasteiger partial charge in [0.25, 0.3) is 11.8 Å². The van der Waals surface area contributed by atoms with Crippen LogP contribution in [0.3, 0.4) is 0 Å². The average Bonchev–Trinajstić information content (AvgIpc) is 3.04. The van der Waals surface area contributed by atoms with Gasteiger partial charge in [-0.3, -0.25) is 15.0 Å². The Morgan fingerprint density at radius 2 is 1.12 bits per heavy atom. The van der Waals surface area contributed by atoms with Crippen molar-refractivity contribution in [2.75, 3.05) is 19.8 Å². The third-order valence-electron chi connectivity index (χ3n) is 7.02. The molecule has 4 aromatic carbocycles. The molecule has 4 aromatic rings. The van der Waals surface area contributed by atoms with Gasteiger partial charge in [0, 0.05) is 5.56 Å². The zero-order chi connectivity index (χ0) is 30.8. The van der Waals surface area contributed by atoms with Gasteiger partial charge in [0.05, 0.1) is 25.9 Å². The lowest BCUT2D eigenvalue weighted by Crippen LogP contribution is -2.55. The first-order valence-corrected chi connectivity index (χ1v) is 14.4. The summed E-state index contributed by atoms with van der Waals surface area (Å²) in [6.07, 6.45) is 0. The normalized spacial score (nSPS) is 11.7. The SMILES string of the molecule is CCOc1ccc([C@H](C)N(NC(=O)C(O)(c2ccc(OCC)cc2)c2ccc(OCC)cc2)C(=O)c2ccccc2)cc1. The van der Waals surface area contributed by atoms with Crippen molar-refractivity contribution < 1.29 is 28.9 Å². The highest BCUT2D eigenvalue weighted by molar-refractivity contribution is 5.97. The summed E-state index contributed by atoms with van der Waals surface area (Å²) in [5.74, 6) is 0.666. The summed E-state index contributed by atoms with van der Waals surface area (Å²) >= 11 is 0.